The van der Waals surface area contributed by atoms with Crippen molar-refractivity contribution in [3.8, 4) is 22.9 Å². The summed E-state index contributed by atoms with van der Waals surface area (Å²) in [5.41, 5.74) is -0.327. The van der Waals surface area contributed by atoms with Crippen LogP contribution in [0.2, 0.25) is 0 Å². The third-order valence-electron chi connectivity index (χ3n) is 5.01. The van der Waals surface area contributed by atoms with Crippen LogP contribution in [0.15, 0.2) is 75.0 Å². The molecule has 0 radical (unpaired) electrons. The Morgan fingerprint density at radius 2 is 1.79 bits per heavy atom. The van der Waals surface area contributed by atoms with Gasteiger partial charge in [0, 0.05) is 15.6 Å². The number of ether oxygens (including phenoxy) is 2. The summed E-state index contributed by atoms with van der Waals surface area (Å²) < 4.78 is 52.2. The summed E-state index contributed by atoms with van der Waals surface area (Å²) in [5, 5.41) is 4.58. The molecule has 1 aromatic heterocycles. The number of hydrogen-bond acceptors (Lipinski definition) is 5. The van der Waals surface area contributed by atoms with Gasteiger partial charge < -0.3 is 9.47 Å². The zero-order valence-electron chi connectivity index (χ0n) is 16.6. The Bertz CT molecular complexity index is 1480. The van der Waals surface area contributed by atoms with Crippen LogP contribution >= 0.6 is 15.9 Å². The highest BCUT2D eigenvalue weighted by molar-refractivity contribution is 9.10. The minimum Gasteiger partial charge on any atom is -0.454 e. The first kappa shape index (κ1) is 21.2. The standard InChI is InChI=1S/C23H13BrF3N3O3/c24-17-10-20-19(32-12-33-20)9-14(17)11-28-30-21(13-4-3-5-15(8-13)23(25,26)27)29-18-7-2-1-6-16(18)22(30)31/h1-11H,12H2. The Morgan fingerprint density at radius 3 is 2.58 bits per heavy atom. The van der Waals surface area contributed by atoms with Crippen molar-refractivity contribution in [1.29, 1.82) is 0 Å². The third kappa shape index (κ3) is 3.97. The van der Waals surface area contributed by atoms with Crippen molar-refractivity contribution in [3.63, 3.8) is 0 Å². The predicted octanol–water partition coefficient (Wildman–Crippen LogP) is 5.46. The SMILES string of the molecule is O=c1c2ccccc2nc(-c2cccc(C(F)(F)F)c2)n1N=Cc1cc2c(cc1Br)OCO2. The minimum atomic E-state index is -4.54. The largest absolute Gasteiger partial charge is 0.454 e. The van der Waals surface area contributed by atoms with E-state index in [9.17, 15) is 18.0 Å². The second-order valence-corrected chi connectivity index (χ2v) is 7.97. The van der Waals surface area contributed by atoms with Crippen molar-refractivity contribution in [1.82, 2.24) is 9.66 Å². The molecule has 4 aromatic rings. The fraction of sp³-hybridized carbons (Fsp3) is 0.0870. The van der Waals surface area contributed by atoms with Gasteiger partial charge >= 0.3 is 6.18 Å². The summed E-state index contributed by atoms with van der Waals surface area (Å²) in [6.45, 7) is 0.0934. The van der Waals surface area contributed by atoms with Crippen LogP contribution in [-0.4, -0.2) is 22.7 Å². The number of fused-ring (bicyclic) bond motifs is 2. The van der Waals surface area contributed by atoms with Gasteiger partial charge in [-0.15, -0.1) is 0 Å². The minimum absolute atomic E-state index is 0.0158. The second-order valence-electron chi connectivity index (χ2n) is 7.12. The van der Waals surface area contributed by atoms with Crippen molar-refractivity contribution in [2.75, 3.05) is 6.79 Å². The van der Waals surface area contributed by atoms with Crippen LogP contribution in [0.25, 0.3) is 22.3 Å². The topological polar surface area (TPSA) is 65.7 Å². The second kappa shape index (κ2) is 8.04. The lowest BCUT2D eigenvalue weighted by Crippen LogP contribution is -2.20. The van der Waals surface area contributed by atoms with Crippen LogP contribution in [0.5, 0.6) is 11.5 Å². The van der Waals surface area contributed by atoms with Crippen LogP contribution in [-0.2, 0) is 6.18 Å². The van der Waals surface area contributed by atoms with E-state index in [1.165, 1.54) is 18.3 Å². The molecule has 6 nitrogen and oxygen atoms in total. The predicted molar refractivity (Wildman–Crippen MR) is 120 cm³/mol. The van der Waals surface area contributed by atoms with Crippen LogP contribution in [0.1, 0.15) is 11.1 Å². The van der Waals surface area contributed by atoms with Gasteiger partial charge in [-0.2, -0.15) is 22.9 Å². The number of nitrogens with zero attached hydrogens (tertiary/aromatic N) is 3. The van der Waals surface area contributed by atoms with Crippen molar-refractivity contribution in [2.24, 2.45) is 5.10 Å². The maximum absolute atomic E-state index is 13.3. The van der Waals surface area contributed by atoms with E-state index in [-0.39, 0.29) is 23.6 Å². The molecule has 2 heterocycles. The summed E-state index contributed by atoms with van der Waals surface area (Å²) in [5.74, 6) is 1.06. The monoisotopic (exact) mass is 515 g/mol. The molecule has 0 N–H and O–H groups in total. The van der Waals surface area contributed by atoms with Gasteiger partial charge in [0.1, 0.15) is 0 Å². The summed E-state index contributed by atoms with van der Waals surface area (Å²) in [6.07, 6.45) is -3.14. The Balaban J connectivity index is 1.70. The Hall–Kier alpha value is -3.66. The van der Waals surface area contributed by atoms with Gasteiger partial charge in [0.25, 0.3) is 5.56 Å². The normalized spacial score (nSPS) is 13.2. The zero-order chi connectivity index (χ0) is 23.2. The van der Waals surface area contributed by atoms with Gasteiger partial charge in [-0.3, -0.25) is 4.79 Å². The Kier molecular flexibility index (Phi) is 5.16. The van der Waals surface area contributed by atoms with Crippen LogP contribution < -0.4 is 15.0 Å². The first-order valence-electron chi connectivity index (χ1n) is 9.64. The molecule has 33 heavy (non-hydrogen) atoms. The molecule has 3 aromatic carbocycles. The van der Waals surface area contributed by atoms with E-state index in [1.807, 2.05) is 0 Å². The van der Waals surface area contributed by atoms with Crippen LogP contribution in [0.3, 0.4) is 0 Å². The lowest BCUT2D eigenvalue weighted by molar-refractivity contribution is -0.137. The fourth-order valence-corrected chi connectivity index (χ4v) is 3.83. The zero-order valence-corrected chi connectivity index (χ0v) is 18.2. The third-order valence-corrected chi connectivity index (χ3v) is 5.69. The molecule has 10 heteroatoms. The first-order chi connectivity index (χ1) is 15.8. The Labute approximate surface area is 193 Å². The molecule has 1 aliphatic rings. The van der Waals surface area contributed by atoms with E-state index >= 15 is 0 Å². The van der Waals surface area contributed by atoms with Gasteiger partial charge in [-0.25, -0.2) is 4.98 Å². The highest BCUT2D eigenvalue weighted by Crippen LogP contribution is 2.36. The summed E-state index contributed by atoms with van der Waals surface area (Å²) >= 11 is 3.42. The van der Waals surface area contributed by atoms with Crippen molar-refractivity contribution < 1.29 is 22.6 Å². The van der Waals surface area contributed by atoms with Crippen LogP contribution in [0.4, 0.5) is 13.2 Å². The number of benzene rings is 3. The molecule has 0 bridgehead atoms. The first-order valence-corrected chi connectivity index (χ1v) is 10.4. The van der Waals surface area contributed by atoms with E-state index in [2.05, 4.69) is 26.0 Å². The highest BCUT2D eigenvalue weighted by Gasteiger charge is 2.31. The molecule has 0 amide bonds. The maximum Gasteiger partial charge on any atom is 0.416 e. The number of para-hydroxylation sites is 1. The molecular weight excluding hydrogens is 503 g/mol. The van der Waals surface area contributed by atoms with Gasteiger partial charge in [-0.05, 0) is 52.3 Å². The lowest BCUT2D eigenvalue weighted by atomic mass is 10.1. The van der Waals surface area contributed by atoms with Crippen molar-refractivity contribution in [3.05, 3.63) is 86.6 Å². The molecule has 0 saturated carbocycles. The summed E-state index contributed by atoms with van der Waals surface area (Å²) in [6, 6.07) is 14.6. The number of hydrogen-bond donors (Lipinski definition) is 0. The number of aromatic nitrogens is 2. The average Bonchev–Trinajstić information content (AvgIpc) is 3.25. The maximum atomic E-state index is 13.3. The van der Waals surface area contributed by atoms with Gasteiger partial charge in [0.2, 0.25) is 6.79 Å². The molecule has 0 atom stereocenters. The molecule has 0 saturated heterocycles. The smallest absolute Gasteiger partial charge is 0.416 e. The molecule has 0 aliphatic carbocycles. The highest BCUT2D eigenvalue weighted by atomic mass is 79.9. The molecule has 5 rings (SSSR count). The van der Waals surface area contributed by atoms with E-state index in [4.69, 9.17) is 9.47 Å². The van der Waals surface area contributed by atoms with E-state index in [0.29, 0.717) is 27.1 Å². The number of alkyl halides is 3. The quantitative estimate of drug-likeness (QED) is 0.340. The van der Waals surface area contributed by atoms with Gasteiger partial charge in [-0.1, -0.05) is 24.3 Å². The van der Waals surface area contributed by atoms with Gasteiger partial charge in [0.15, 0.2) is 17.3 Å². The number of rotatable bonds is 3. The average molecular weight is 516 g/mol. The summed E-state index contributed by atoms with van der Waals surface area (Å²) in [7, 11) is 0. The van der Waals surface area contributed by atoms with Crippen molar-refractivity contribution >= 4 is 33.0 Å². The fourth-order valence-electron chi connectivity index (χ4n) is 3.40. The van der Waals surface area contributed by atoms with E-state index in [1.54, 1.807) is 36.4 Å². The van der Waals surface area contributed by atoms with Gasteiger partial charge in [0.05, 0.1) is 22.7 Å². The molecule has 1 aliphatic heterocycles. The number of halogens is 4. The van der Waals surface area contributed by atoms with E-state index < -0.39 is 17.3 Å². The Morgan fingerprint density at radius 1 is 1.03 bits per heavy atom. The summed E-state index contributed by atoms with van der Waals surface area (Å²) in [4.78, 5) is 17.7. The van der Waals surface area contributed by atoms with Crippen molar-refractivity contribution in [2.45, 2.75) is 6.18 Å². The molecule has 0 unspecified atom stereocenters. The molecule has 0 fully saturated rings. The molecule has 166 valence electrons. The lowest BCUT2D eigenvalue weighted by Gasteiger charge is -2.12. The van der Waals surface area contributed by atoms with Crippen LogP contribution in [0, 0.1) is 0 Å². The molecular formula is C23H13BrF3N3O3. The van der Waals surface area contributed by atoms with E-state index in [0.717, 1.165) is 16.8 Å². The molecule has 0 spiro atoms.